The fourth-order valence-electron chi connectivity index (χ4n) is 11.3. The van der Waals surface area contributed by atoms with Gasteiger partial charge in [-0.1, -0.05) is 122 Å². The molecule has 51 heavy (non-hydrogen) atoms. The molecule has 8 aliphatic rings. The maximum absolute atomic E-state index is 7.30. The zero-order chi connectivity index (χ0) is 34.6. The Hall–Kier alpha value is -1.19. The minimum absolute atomic E-state index is 0. The van der Waals surface area contributed by atoms with Crippen LogP contribution >= 0.6 is 0 Å². The van der Waals surface area contributed by atoms with Crippen molar-refractivity contribution in [3.63, 3.8) is 0 Å². The van der Waals surface area contributed by atoms with Gasteiger partial charge in [-0.15, -0.1) is 0 Å². The second-order valence-electron chi connectivity index (χ2n) is 18.0. The molecule has 2 aromatic carbocycles. The van der Waals surface area contributed by atoms with E-state index in [0.29, 0.717) is 0 Å². The molecule has 7 heteroatoms. The molecule has 2 nitrogen and oxygen atoms in total. The quantitative estimate of drug-likeness (QED) is 0.216. The Morgan fingerprint density at radius 2 is 0.745 bits per heavy atom. The third kappa shape index (κ3) is 11.4. The van der Waals surface area contributed by atoms with E-state index >= 15 is 0 Å². The van der Waals surface area contributed by atoms with Crippen LogP contribution in [0.3, 0.4) is 0 Å². The van der Waals surface area contributed by atoms with Gasteiger partial charge in [-0.2, -0.15) is 0 Å². The Morgan fingerprint density at radius 1 is 0.510 bits per heavy atom. The smallest absolute Gasteiger partial charge is 0.358 e. The maximum Gasteiger partial charge on any atom is 4.00 e. The van der Waals surface area contributed by atoms with Crippen molar-refractivity contribution in [2.24, 2.45) is 35.5 Å². The van der Waals surface area contributed by atoms with Gasteiger partial charge in [0.15, 0.2) is 0 Å². The van der Waals surface area contributed by atoms with Crippen LogP contribution in [0.2, 0.25) is 52.4 Å². The summed E-state index contributed by atoms with van der Waals surface area (Å²) in [4.78, 5) is 7.86. The van der Waals surface area contributed by atoms with Crippen molar-refractivity contribution in [2.45, 2.75) is 141 Å². The minimum atomic E-state index is -0.590. The minimum Gasteiger partial charge on any atom is -0.358 e. The van der Waals surface area contributed by atoms with E-state index in [4.69, 9.17) is 13.1 Å². The zero-order valence-corrected chi connectivity index (χ0v) is 39.4. The van der Waals surface area contributed by atoms with Crippen molar-refractivity contribution in [1.82, 2.24) is 0 Å². The van der Waals surface area contributed by atoms with Crippen LogP contribution in [0, 0.1) is 63.5 Å². The molecule has 2 aromatic rings. The fourth-order valence-corrected chi connectivity index (χ4v) is 19.4. The number of nitrogens with zero attached hydrogens (tertiary/aromatic N) is 2. The van der Waals surface area contributed by atoms with Gasteiger partial charge in [0, 0.05) is 38.5 Å². The molecular weight excluding hydrogens is 725 g/mol. The van der Waals surface area contributed by atoms with Crippen LogP contribution in [0.15, 0.2) is 48.5 Å². The Kier molecular flexibility index (Phi) is 18.0. The Morgan fingerprint density at radius 3 is 0.941 bits per heavy atom. The number of hydrogen-bond donors (Lipinski definition) is 0. The van der Waals surface area contributed by atoms with Crippen LogP contribution < -0.4 is 20.7 Å². The molecule has 8 aliphatic carbocycles. The Labute approximate surface area is 333 Å². The van der Waals surface area contributed by atoms with Crippen LogP contribution in [0.4, 0.5) is 0 Å². The summed E-state index contributed by atoms with van der Waals surface area (Å²) >= 11 is 0. The summed E-state index contributed by atoms with van der Waals surface area (Å²) in [6, 6.07) is 18.0. The van der Waals surface area contributed by atoms with Crippen LogP contribution in [-0.4, -0.2) is 46.3 Å². The Bertz CT molecular complexity index is 1220. The third-order valence-electron chi connectivity index (χ3n) is 12.7. The second kappa shape index (κ2) is 19.9. The first-order valence-corrected chi connectivity index (χ1v) is 30.2. The molecule has 0 heterocycles. The van der Waals surface area contributed by atoms with Crippen molar-refractivity contribution in [3.8, 4) is 0 Å². The first-order chi connectivity index (χ1) is 22.8. The van der Waals surface area contributed by atoms with Gasteiger partial charge in [0.2, 0.25) is 11.1 Å². The SMILES string of the molecule is C[SiH](C)c1ccccc1[SiH](C)C.C[Si](C)c1ccccc1[Si](C)C.[C-]#[N+]C12CC3CC(CC(C3)C1)C2.[C-]#[N+]C12CC3CC(CC(C3)C1)C2.[CH3-].[CH3-].[Fe+4]. The van der Waals surface area contributed by atoms with Crippen LogP contribution in [0.5, 0.6) is 0 Å². The first-order valence-electron chi connectivity index (χ1n) is 19.4. The summed E-state index contributed by atoms with van der Waals surface area (Å²) in [7, 11) is -1.70. The standard InChI is InChI=1S/2C11H15N.C10H18Si2.C10H16Si2.2CH3.Fe/c2*1-12-11-5-8-2-9(6-11)4-10(3-8)7-11;2*1-11(2)9-7-5-6-8-10(9)12(3)4;;;/h2*8-10H,2-7H2;5-8,11-12H,1-4H3;5-8H,1-4H3;2*1H3;/q;;;;2*-1;+4. The molecule has 8 saturated carbocycles. The third-order valence-corrected chi connectivity index (χ3v) is 19.9. The van der Waals surface area contributed by atoms with Crippen molar-refractivity contribution in [1.29, 1.82) is 0 Å². The monoisotopic (exact) mass is 794 g/mol. The van der Waals surface area contributed by atoms with E-state index in [1.807, 2.05) is 0 Å². The molecule has 8 fully saturated rings. The normalized spacial score (nSPS) is 31.3. The molecule has 0 aliphatic heterocycles. The zero-order valence-electron chi connectivity index (χ0n) is 34.0. The molecule has 0 saturated heterocycles. The van der Waals surface area contributed by atoms with Gasteiger partial charge in [-0.25, -0.2) is 13.1 Å². The summed E-state index contributed by atoms with van der Waals surface area (Å²) in [6.07, 6.45) is 16.2. The van der Waals surface area contributed by atoms with Crippen LogP contribution in [0.1, 0.15) is 77.0 Å². The van der Waals surface area contributed by atoms with Gasteiger partial charge >= 0.3 is 17.1 Å². The van der Waals surface area contributed by atoms with Gasteiger partial charge < -0.3 is 24.5 Å². The van der Waals surface area contributed by atoms with Gasteiger partial charge in [0.1, 0.15) is 0 Å². The topological polar surface area (TPSA) is 8.72 Å². The largest absolute Gasteiger partial charge is 4.00 e. The van der Waals surface area contributed by atoms with Gasteiger partial charge in [-0.05, 0) is 74.0 Å². The molecule has 10 rings (SSSR count). The Balaban J connectivity index is 0.000000231. The van der Waals surface area contributed by atoms with Crippen LogP contribution in [-0.2, 0) is 17.1 Å². The van der Waals surface area contributed by atoms with Crippen LogP contribution in [0.25, 0.3) is 9.69 Å². The summed E-state index contributed by atoms with van der Waals surface area (Å²) < 4.78 is 0. The van der Waals surface area contributed by atoms with E-state index in [1.165, 1.54) is 77.0 Å². The van der Waals surface area contributed by atoms with Gasteiger partial charge in [0.25, 0.3) is 0 Å². The maximum atomic E-state index is 7.30. The molecule has 0 spiro atoms. The predicted octanol–water partition coefficient (Wildman–Crippen LogP) is 9.33. The van der Waals surface area contributed by atoms with E-state index in [9.17, 15) is 0 Å². The van der Waals surface area contributed by atoms with Crippen molar-refractivity contribution in [2.75, 3.05) is 0 Å². The van der Waals surface area contributed by atoms with Crippen molar-refractivity contribution < 1.29 is 17.1 Å². The van der Waals surface area contributed by atoms with E-state index in [2.05, 4.69) is 111 Å². The van der Waals surface area contributed by atoms with E-state index < -0.39 is 17.6 Å². The molecule has 8 bridgehead atoms. The molecule has 278 valence electrons. The van der Waals surface area contributed by atoms with E-state index in [-0.39, 0.29) is 60.6 Å². The number of hydrogen-bond acceptors (Lipinski definition) is 0. The average Bonchev–Trinajstić information content (AvgIpc) is 3.04. The van der Waals surface area contributed by atoms with Crippen molar-refractivity contribution in [3.05, 3.63) is 86.2 Å². The predicted molar refractivity (Wildman–Crippen MR) is 232 cm³/mol. The summed E-state index contributed by atoms with van der Waals surface area (Å²) in [5.41, 5.74) is 0.267. The summed E-state index contributed by atoms with van der Waals surface area (Å²) in [5, 5.41) is 6.67. The van der Waals surface area contributed by atoms with E-state index in [1.54, 1.807) is 20.7 Å². The van der Waals surface area contributed by atoms with Gasteiger partial charge in [0.05, 0.1) is 35.2 Å². The van der Waals surface area contributed by atoms with E-state index in [0.717, 1.165) is 35.5 Å². The van der Waals surface area contributed by atoms with Gasteiger partial charge in [-0.3, -0.25) is 0 Å². The number of rotatable bonds is 4. The molecule has 0 atom stereocenters. The second-order valence-corrected chi connectivity index (χ2v) is 28.9. The molecular formula is C44H70FeN2Si4+2. The molecule has 0 aromatic heterocycles. The molecule has 0 unspecified atom stereocenters. The fraction of sp³-hybridized carbons (Fsp3) is 0.636. The summed E-state index contributed by atoms with van der Waals surface area (Å²) in [6.45, 7) is 33.7. The molecule has 0 N–H and O–H groups in total. The first kappa shape index (κ1) is 46.0. The molecule has 2 radical (unpaired) electrons. The average molecular weight is 795 g/mol. The van der Waals surface area contributed by atoms with Crippen molar-refractivity contribution >= 4 is 55.9 Å². The summed E-state index contributed by atoms with van der Waals surface area (Å²) in [5.74, 6) is 5.61. The molecule has 0 amide bonds. The number of benzene rings is 2.